The van der Waals surface area contributed by atoms with E-state index in [9.17, 15) is 0 Å². The molecule has 0 saturated heterocycles. The van der Waals surface area contributed by atoms with E-state index < -0.39 is 0 Å². The number of hydrogen-bond donors (Lipinski definition) is 1. The molecular weight excluding hydrogens is 330 g/mol. The van der Waals surface area contributed by atoms with Crippen LogP contribution in [0.2, 0.25) is 0 Å². The van der Waals surface area contributed by atoms with E-state index in [0.717, 1.165) is 18.7 Å². The largest absolute Gasteiger partial charge is 0.323 e. The van der Waals surface area contributed by atoms with E-state index in [4.69, 9.17) is 10.7 Å². The SMILES string of the molecule is CC1=CN2C(=NC(c3ccc(C4(N)CCC4)cc3)C2c2ccccc2)C=C1. The van der Waals surface area contributed by atoms with E-state index in [1.807, 2.05) is 0 Å². The molecular formula is C24H25N3. The highest BCUT2D eigenvalue weighted by atomic mass is 15.3. The Morgan fingerprint density at radius 2 is 1.70 bits per heavy atom. The number of amidine groups is 1. The van der Waals surface area contributed by atoms with Gasteiger partial charge in [-0.25, -0.2) is 0 Å². The van der Waals surface area contributed by atoms with Crippen LogP contribution >= 0.6 is 0 Å². The summed E-state index contributed by atoms with van der Waals surface area (Å²) in [5.74, 6) is 1.04. The smallest absolute Gasteiger partial charge is 0.128 e. The van der Waals surface area contributed by atoms with Crippen LogP contribution in [-0.4, -0.2) is 10.7 Å². The van der Waals surface area contributed by atoms with Crippen molar-refractivity contribution in [2.75, 3.05) is 0 Å². The maximum absolute atomic E-state index is 6.50. The highest BCUT2D eigenvalue weighted by Gasteiger charge is 2.38. The minimum absolute atomic E-state index is 0.0818. The van der Waals surface area contributed by atoms with E-state index in [1.165, 1.54) is 28.7 Å². The summed E-state index contributed by atoms with van der Waals surface area (Å²) in [5, 5.41) is 0. The summed E-state index contributed by atoms with van der Waals surface area (Å²) >= 11 is 0. The van der Waals surface area contributed by atoms with Crippen LogP contribution in [-0.2, 0) is 5.54 Å². The van der Waals surface area contributed by atoms with E-state index in [-0.39, 0.29) is 17.6 Å². The van der Waals surface area contributed by atoms with Crippen molar-refractivity contribution < 1.29 is 0 Å². The van der Waals surface area contributed by atoms with Crippen LogP contribution in [0.15, 0.2) is 83.5 Å². The summed E-state index contributed by atoms with van der Waals surface area (Å²) in [6.45, 7) is 2.14. The number of nitrogens with two attached hydrogens (primary N) is 1. The van der Waals surface area contributed by atoms with Gasteiger partial charge < -0.3 is 10.6 Å². The van der Waals surface area contributed by atoms with E-state index >= 15 is 0 Å². The fourth-order valence-corrected chi connectivity index (χ4v) is 4.43. The molecule has 2 atom stereocenters. The van der Waals surface area contributed by atoms with Crippen LogP contribution in [0.25, 0.3) is 0 Å². The Bertz CT molecular complexity index is 933. The quantitative estimate of drug-likeness (QED) is 0.842. The minimum Gasteiger partial charge on any atom is -0.323 e. The average molecular weight is 355 g/mol. The highest BCUT2D eigenvalue weighted by Crippen LogP contribution is 2.45. The van der Waals surface area contributed by atoms with Gasteiger partial charge in [0.15, 0.2) is 0 Å². The Hall–Kier alpha value is -2.65. The lowest BCUT2D eigenvalue weighted by Gasteiger charge is -2.38. The van der Waals surface area contributed by atoms with Gasteiger partial charge in [0.05, 0.1) is 6.04 Å². The van der Waals surface area contributed by atoms with Gasteiger partial charge in [-0.15, -0.1) is 0 Å². The molecule has 2 aromatic rings. The third kappa shape index (κ3) is 2.74. The first-order valence-electron chi connectivity index (χ1n) is 9.81. The van der Waals surface area contributed by atoms with Crippen molar-refractivity contribution in [3.8, 4) is 0 Å². The maximum Gasteiger partial charge on any atom is 0.128 e. The van der Waals surface area contributed by atoms with Crippen LogP contribution in [0.5, 0.6) is 0 Å². The number of nitrogens with zero attached hydrogens (tertiary/aromatic N) is 2. The average Bonchev–Trinajstić information content (AvgIpc) is 3.05. The molecule has 136 valence electrons. The molecule has 27 heavy (non-hydrogen) atoms. The van der Waals surface area contributed by atoms with Gasteiger partial charge in [0.1, 0.15) is 11.9 Å². The molecule has 0 spiro atoms. The fraction of sp³-hybridized carbons (Fsp3) is 0.292. The summed E-state index contributed by atoms with van der Waals surface area (Å²) in [6, 6.07) is 19.8. The second-order valence-electron chi connectivity index (χ2n) is 8.03. The van der Waals surface area contributed by atoms with Gasteiger partial charge in [0.25, 0.3) is 0 Å². The normalized spacial score (nSPS) is 25.5. The lowest BCUT2D eigenvalue weighted by molar-refractivity contribution is 0.253. The molecule has 1 saturated carbocycles. The van der Waals surface area contributed by atoms with Gasteiger partial charge in [-0.05, 0) is 54.5 Å². The molecule has 5 rings (SSSR count). The lowest BCUT2D eigenvalue weighted by Crippen LogP contribution is -2.43. The lowest BCUT2D eigenvalue weighted by atomic mass is 9.72. The van der Waals surface area contributed by atoms with E-state index in [1.54, 1.807) is 0 Å². The molecule has 2 aliphatic heterocycles. The molecule has 1 fully saturated rings. The van der Waals surface area contributed by atoms with Crippen LogP contribution in [0.4, 0.5) is 0 Å². The second kappa shape index (κ2) is 6.21. The molecule has 3 nitrogen and oxygen atoms in total. The molecule has 0 bridgehead atoms. The maximum atomic E-state index is 6.50. The molecule has 3 aliphatic rings. The zero-order valence-corrected chi connectivity index (χ0v) is 15.7. The molecule has 0 aromatic heterocycles. The van der Waals surface area contributed by atoms with Crippen molar-refractivity contribution in [2.24, 2.45) is 10.7 Å². The summed E-state index contributed by atoms with van der Waals surface area (Å²) in [6.07, 6.45) is 9.90. The Morgan fingerprint density at radius 3 is 2.37 bits per heavy atom. The van der Waals surface area contributed by atoms with Crippen LogP contribution < -0.4 is 5.73 Å². The third-order valence-corrected chi connectivity index (χ3v) is 6.19. The molecule has 2 heterocycles. The number of allylic oxidation sites excluding steroid dienone is 2. The predicted molar refractivity (Wildman–Crippen MR) is 110 cm³/mol. The van der Waals surface area contributed by atoms with Crippen molar-refractivity contribution in [1.29, 1.82) is 0 Å². The second-order valence-corrected chi connectivity index (χ2v) is 8.03. The summed E-state index contributed by atoms with van der Waals surface area (Å²) in [5.41, 5.74) is 11.4. The van der Waals surface area contributed by atoms with Gasteiger partial charge in [0, 0.05) is 11.7 Å². The fourth-order valence-electron chi connectivity index (χ4n) is 4.43. The molecule has 1 aliphatic carbocycles. The number of fused-ring (bicyclic) bond motifs is 1. The van der Waals surface area contributed by atoms with Gasteiger partial charge in [-0.3, -0.25) is 4.99 Å². The van der Waals surface area contributed by atoms with E-state index in [2.05, 4.69) is 84.8 Å². The Balaban J connectivity index is 1.53. The number of benzene rings is 2. The molecule has 2 unspecified atom stereocenters. The first-order chi connectivity index (χ1) is 13.1. The predicted octanol–water partition coefficient (Wildman–Crippen LogP) is 4.99. The topological polar surface area (TPSA) is 41.6 Å². The zero-order chi connectivity index (χ0) is 18.4. The van der Waals surface area contributed by atoms with Crippen molar-refractivity contribution in [3.63, 3.8) is 0 Å². The Kier molecular flexibility index (Phi) is 3.80. The number of hydrogen-bond acceptors (Lipinski definition) is 3. The summed E-state index contributed by atoms with van der Waals surface area (Å²) in [4.78, 5) is 7.40. The van der Waals surface area contributed by atoms with Crippen molar-refractivity contribution in [3.05, 3.63) is 95.2 Å². The van der Waals surface area contributed by atoms with Crippen LogP contribution in [0, 0.1) is 0 Å². The molecule has 2 aromatic carbocycles. The van der Waals surface area contributed by atoms with Gasteiger partial charge in [-0.1, -0.05) is 60.7 Å². The minimum atomic E-state index is -0.112. The van der Waals surface area contributed by atoms with Gasteiger partial charge in [0.2, 0.25) is 0 Å². The number of rotatable bonds is 3. The van der Waals surface area contributed by atoms with Gasteiger partial charge in [-0.2, -0.15) is 0 Å². The first-order valence-corrected chi connectivity index (χ1v) is 9.81. The third-order valence-electron chi connectivity index (χ3n) is 6.19. The summed E-state index contributed by atoms with van der Waals surface area (Å²) < 4.78 is 0. The van der Waals surface area contributed by atoms with Crippen LogP contribution in [0.1, 0.15) is 55.0 Å². The van der Waals surface area contributed by atoms with Crippen molar-refractivity contribution >= 4 is 5.84 Å². The van der Waals surface area contributed by atoms with Crippen molar-refractivity contribution in [1.82, 2.24) is 4.90 Å². The van der Waals surface area contributed by atoms with Gasteiger partial charge >= 0.3 is 0 Å². The number of aliphatic imine (C=N–C) groups is 1. The van der Waals surface area contributed by atoms with Crippen molar-refractivity contribution in [2.45, 2.75) is 43.8 Å². The highest BCUT2D eigenvalue weighted by molar-refractivity contribution is 5.97. The molecule has 2 N–H and O–H groups in total. The molecule has 0 radical (unpaired) electrons. The monoisotopic (exact) mass is 355 g/mol. The zero-order valence-electron chi connectivity index (χ0n) is 15.7. The summed E-state index contributed by atoms with van der Waals surface area (Å²) in [7, 11) is 0. The van der Waals surface area contributed by atoms with Crippen LogP contribution in [0.3, 0.4) is 0 Å². The first kappa shape index (κ1) is 16.5. The Morgan fingerprint density at radius 1 is 0.963 bits per heavy atom. The molecule has 3 heteroatoms. The molecule has 0 amide bonds. The standard InChI is InChI=1S/C24H25N3/c1-17-8-13-21-26-22(23(27(21)16-17)19-6-3-2-4-7-19)18-9-11-20(12-10-18)24(25)14-5-15-24/h2-4,6-13,16,22-23H,5,14-15,25H2,1H3. The Labute approximate surface area is 160 Å². The van der Waals surface area contributed by atoms with E-state index in [0.29, 0.717) is 0 Å².